The number of phosphoric acid groups is 1. The molecule has 1 unspecified atom stereocenters. The van der Waals surface area contributed by atoms with Crippen LogP contribution < -0.4 is 5.32 Å². The lowest BCUT2D eigenvalue weighted by molar-refractivity contribution is -0.870. The third kappa shape index (κ3) is 34.9. The van der Waals surface area contributed by atoms with Crippen LogP contribution in [-0.2, 0) is 18.4 Å². The maximum atomic E-state index is 12.8. The standard InChI is InChI=1S/C40H77N2O6P/c1-6-8-10-12-14-16-18-20-22-23-25-27-29-31-33-39(43)38(37-48-49(45,46)47-36-35-42(3,4)5)41-40(44)34-32-30-28-26-24-21-19-17-15-13-11-9-7-2/h17,19,23,25,31,33,38-39,43H,6-16,18,20-22,24,26-30,32,34-37H2,1-5H3,(H-,41,44,45,46)/p+1/b19-17+,25-23+,33-31+/t38-,39+/m0/s1. The number of nitrogens with zero attached hydrogens (tertiary/aromatic N) is 1. The number of hydrogen-bond acceptors (Lipinski definition) is 5. The van der Waals surface area contributed by atoms with Crippen molar-refractivity contribution >= 4 is 13.7 Å². The van der Waals surface area contributed by atoms with E-state index < -0.39 is 20.0 Å². The van der Waals surface area contributed by atoms with E-state index in [4.69, 9.17) is 9.05 Å². The molecule has 0 bridgehead atoms. The van der Waals surface area contributed by atoms with Gasteiger partial charge in [-0.05, 0) is 57.8 Å². The van der Waals surface area contributed by atoms with E-state index in [9.17, 15) is 19.4 Å². The van der Waals surface area contributed by atoms with Crippen LogP contribution in [0.2, 0.25) is 0 Å². The van der Waals surface area contributed by atoms with Crippen molar-refractivity contribution in [3.63, 3.8) is 0 Å². The molecule has 9 heteroatoms. The first-order valence-corrected chi connectivity index (χ1v) is 21.4. The van der Waals surface area contributed by atoms with E-state index in [0.717, 1.165) is 51.4 Å². The highest BCUT2D eigenvalue weighted by molar-refractivity contribution is 7.47. The Morgan fingerprint density at radius 3 is 1.65 bits per heavy atom. The van der Waals surface area contributed by atoms with Crippen LogP contribution in [0.15, 0.2) is 36.5 Å². The number of amides is 1. The van der Waals surface area contributed by atoms with Crippen molar-refractivity contribution in [2.45, 2.75) is 174 Å². The van der Waals surface area contributed by atoms with E-state index in [0.29, 0.717) is 17.4 Å². The van der Waals surface area contributed by atoms with Gasteiger partial charge in [0, 0.05) is 6.42 Å². The third-order valence-corrected chi connectivity index (χ3v) is 9.57. The predicted octanol–water partition coefficient (Wildman–Crippen LogP) is 10.4. The van der Waals surface area contributed by atoms with Crippen LogP contribution in [0.3, 0.4) is 0 Å². The number of aliphatic hydroxyl groups excluding tert-OH is 1. The van der Waals surface area contributed by atoms with Crippen LogP contribution >= 0.6 is 7.82 Å². The number of nitrogens with one attached hydrogen (secondary N) is 1. The fraction of sp³-hybridized carbons (Fsp3) is 0.825. The summed E-state index contributed by atoms with van der Waals surface area (Å²) < 4.78 is 23.4. The molecule has 0 radical (unpaired) electrons. The second-order valence-corrected chi connectivity index (χ2v) is 16.1. The minimum Gasteiger partial charge on any atom is -0.387 e. The van der Waals surface area contributed by atoms with Crippen molar-refractivity contribution in [3.05, 3.63) is 36.5 Å². The smallest absolute Gasteiger partial charge is 0.387 e. The lowest BCUT2D eigenvalue weighted by Crippen LogP contribution is -2.45. The van der Waals surface area contributed by atoms with Gasteiger partial charge in [0.1, 0.15) is 13.2 Å². The fourth-order valence-corrected chi connectivity index (χ4v) is 6.08. The van der Waals surface area contributed by atoms with Gasteiger partial charge in [0.15, 0.2) is 0 Å². The molecule has 0 aromatic heterocycles. The molecule has 0 heterocycles. The first-order chi connectivity index (χ1) is 23.5. The molecule has 0 rings (SSSR count). The van der Waals surface area contributed by atoms with Gasteiger partial charge in [-0.3, -0.25) is 13.8 Å². The van der Waals surface area contributed by atoms with Crippen molar-refractivity contribution in [3.8, 4) is 0 Å². The maximum absolute atomic E-state index is 12.8. The second kappa shape index (κ2) is 32.6. The van der Waals surface area contributed by atoms with E-state index in [1.807, 2.05) is 27.2 Å². The van der Waals surface area contributed by atoms with Gasteiger partial charge in [0.25, 0.3) is 0 Å². The van der Waals surface area contributed by atoms with Crippen LogP contribution in [0.1, 0.15) is 162 Å². The van der Waals surface area contributed by atoms with Gasteiger partial charge >= 0.3 is 7.82 Å². The summed E-state index contributed by atoms with van der Waals surface area (Å²) in [5, 5.41) is 13.7. The Bertz CT molecular complexity index is 902. The molecule has 288 valence electrons. The maximum Gasteiger partial charge on any atom is 0.472 e. The molecule has 0 saturated heterocycles. The summed E-state index contributed by atoms with van der Waals surface area (Å²) in [7, 11) is 1.54. The zero-order valence-corrected chi connectivity index (χ0v) is 33.3. The topological polar surface area (TPSA) is 105 Å². The largest absolute Gasteiger partial charge is 0.472 e. The minimum atomic E-state index is -4.34. The van der Waals surface area contributed by atoms with Gasteiger partial charge in [-0.25, -0.2) is 4.57 Å². The number of carbonyl (C=O) groups excluding carboxylic acids is 1. The number of carbonyl (C=O) groups is 1. The average molecular weight is 714 g/mol. The number of likely N-dealkylation sites (N-methyl/N-ethyl adjacent to an activating group) is 1. The highest BCUT2D eigenvalue weighted by atomic mass is 31.2. The Labute approximate surface area is 302 Å². The molecule has 49 heavy (non-hydrogen) atoms. The predicted molar refractivity (Wildman–Crippen MR) is 208 cm³/mol. The molecule has 3 atom stereocenters. The number of allylic oxidation sites excluding steroid dienone is 5. The molecule has 0 aliphatic rings. The molecule has 1 amide bonds. The van der Waals surface area contributed by atoms with E-state index >= 15 is 0 Å². The second-order valence-electron chi connectivity index (χ2n) is 14.6. The molecule has 0 aromatic carbocycles. The van der Waals surface area contributed by atoms with E-state index in [1.165, 1.54) is 89.9 Å². The van der Waals surface area contributed by atoms with Crippen molar-refractivity contribution in [1.82, 2.24) is 5.32 Å². The Morgan fingerprint density at radius 1 is 0.673 bits per heavy atom. The van der Waals surface area contributed by atoms with Crippen LogP contribution in [0.5, 0.6) is 0 Å². The van der Waals surface area contributed by atoms with Crippen molar-refractivity contribution in [1.29, 1.82) is 0 Å². The SMILES string of the molecule is CCCCCC/C=C/CCCCCCCC(=O)N[C@@H](COP(=O)(O)OCC[N+](C)(C)C)[C@H](O)/C=C/CC/C=C/CCCCCCCCCC. The summed E-state index contributed by atoms with van der Waals surface area (Å²) >= 11 is 0. The molecular weight excluding hydrogens is 635 g/mol. The van der Waals surface area contributed by atoms with Crippen LogP contribution in [0.4, 0.5) is 0 Å². The summed E-state index contributed by atoms with van der Waals surface area (Å²) in [6.07, 6.45) is 37.8. The lowest BCUT2D eigenvalue weighted by Gasteiger charge is -2.25. The van der Waals surface area contributed by atoms with Crippen LogP contribution in [0, 0.1) is 0 Å². The van der Waals surface area contributed by atoms with E-state index in [1.54, 1.807) is 6.08 Å². The number of hydrogen-bond donors (Lipinski definition) is 3. The van der Waals surface area contributed by atoms with Gasteiger partial charge in [-0.2, -0.15) is 0 Å². The lowest BCUT2D eigenvalue weighted by atomic mass is 10.1. The normalized spacial score (nSPS) is 15.0. The van der Waals surface area contributed by atoms with Gasteiger partial charge in [0.05, 0.1) is 39.9 Å². The third-order valence-electron chi connectivity index (χ3n) is 8.58. The fourth-order valence-electron chi connectivity index (χ4n) is 5.34. The summed E-state index contributed by atoms with van der Waals surface area (Å²) in [4.78, 5) is 23.0. The Kier molecular flexibility index (Phi) is 31.8. The highest BCUT2D eigenvalue weighted by Crippen LogP contribution is 2.43. The van der Waals surface area contributed by atoms with Crippen molar-refractivity contribution in [2.75, 3.05) is 40.9 Å². The molecule has 0 fully saturated rings. The van der Waals surface area contributed by atoms with Crippen LogP contribution in [-0.4, -0.2) is 73.4 Å². The zero-order valence-electron chi connectivity index (χ0n) is 32.4. The molecule has 0 spiro atoms. The Hall–Kier alpha value is -1.28. The van der Waals surface area contributed by atoms with Gasteiger partial charge in [-0.15, -0.1) is 0 Å². The number of aliphatic hydroxyl groups is 1. The number of unbranched alkanes of at least 4 members (excludes halogenated alkanes) is 18. The average Bonchev–Trinajstić information content (AvgIpc) is 3.04. The van der Waals surface area contributed by atoms with Crippen LogP contribution in [0.25, 0.3) is 0 Å². The molecule has 3 N–H and O–H groups in total. The molecule has 0 aliphatic carbocycles. The van der Waals surface area contributed by atoms with E-state index in [2.05, 4.69) is 43.5 Å². The summed E-state index contributed by atoms with van der Waals surface area (Å²) in [6, 6.07) is -0.863. The minimum absolute atomic E-state index is 0.0542. The Balaban J connectivity index is 4.59. The number of rotatable bonds is 35. The van der Waals surface area contributed by atoms with Gasteiger partial charge in [0.2, 0.25) is 5.91 Å². The Morgan fingerprint density at radius 2 is 1.12 bits per heavy atom. The zero-order chi connectivity index (χ0) is 36.5. The highest BCUT2D eigenvalue weighted by Gasteiger charge is 2.27. The molecule has 0 aromatic rings. The van der Waals surface area contributed by atoms with Crippen molar-refractivity contribution in [2.24, 2.45) is 0 Å². The summed E-state index contributed by atoms with van der Waals surface area (Å²) in [5.41, 5.74) is 0. The molecule has 0 saturated carbocycles. The first-order valence-electron chi connectivity index (χ1n) is 19.9. The first kappa shape index (κ1) is 47.7. The monoisotopic (exact) mass is 714 g/mol. The van der Waals surface area contributed by atoms with Gasteiger partial charge < -0.3 is 19.8 Å². The number of quaternary nitrogens is 1. The molecule has 0 aliphatic heterocycles. The summed E-state index contributed by atoms with van der Waals surface area (Å²) in [6.45, 7) is 4.74. The molecule has 8 nitrogen and oxygen atoms in total. The van der Waals surface area contributed by atoms with Crippen molar-refractivity contribution < 1.29 is 32.9 Å². The summed E-state index contributed by atoms with van der Waals surface area (Å²) in [5.74, 6) is -0.199. The quantitative estimate of drug-likeness (QED) is 0.0261. The van der Waals surface area contributed by atoms with E-state index in [-0.39, 0.29) is 19.1 Å². The molecular formula is C40H78N2O6P+. The number of phosphoric ester groups is 1. The van der Waals surface area contributed by atoms with Gasteiger partial charge in [-0.1, -0.05) is 134 Å².